The molecule has 0 saturated carbocycles. The van der Waals surface area contributed by atoms with Crippen LogP contribution in [0.15, 0.2) is 18.2 Å². The van der Waals surface area contributed by atoms with Gasteiger partial charge in [-0.15, -0.1) is 0 Å². The van der Waals surface area contributed by atoms with E-state index < -0.39 is 9.84 Å². The number of carbonyl (C=O) groups is 1. The molecule has 0 bridgehead atoms. The largest absolute Gasteiger partial charge is 0.352 e. The molecule has 1 saturated heterocycles. The maximum absolute atomic E-state index is 12.1. The van der Waals surface area contributed by atoms with Crippen molar-refractivity contribution in [3.63, 3.8) is 0 Å². The molecule has 2 rings (SSSR count). The smallest absolute Gasteiger partial charge is 0.234 e. The highest BCUT2D eigenvalue weighted by molar-refractivity contribution is 7.91. The lowest BCUT2D eigenvalue weighted by Crippen LogP contribution is -2.47. The van der Waals surface area contributed by atoms with E-state index in [4.69, 9.17) is 0 Å². The van der Waals surface area contributed by atoms with Crippen LogP contribution in [0.4, 0.5) is 0 Å². The molecule has 0 spiro atoms. The summed E-state index contributed by atoms with van der Waals surface area (Å²) in [6.07, 6.45) is 0.798. The van der Waals surface area contributed by atoms with Gasteiger partial charge in [0.15, 0.2) is 9.84 Å². The number of nitrogens with zero attached hydrogens (tertiary/aromatic N) is 1. The van der Waals surface area contributed by atoms with Crippen molar-refractivity contribution in [3.8, 4) is 0 Å². The Kier molecular flexibility index (Phi) is 5.81. The summed E-state index contributed by atoms with van der Waals surface area (Å²) < 4.78 is 22.8. The molecule has 1 aromatic rings. The molecule has 1 unspecified atom stereocenters. The van der Waals surface area contributed by atoms with E-state index in [9.17, 15) is 13.2 Å². The van der Waals surface area contributed by atoms with Crippen molar-refractivity contribution in [2.45, 2.75) is 33.2 Å². The molecule has 0 aromatic heterocycles. The quantitative estimate of drug-likeness (QED) is 0.872. The Labute approximate surface area is 139 Å². The fourth-order valence-corrected chi connectivity index (χ4v) is 4.16. The van der Waals surface area contributed by atoms with Gasteiger partial charge in [-0.3, -0.25) is 9.69 Å². The van der Waals surface area contributed by atoms with Gasteiger partial charge in [0.05, 0.1) is 18.1 Å². The summed E-state index contributed by atoms with van der Waals surface area (Å²) in [6.45, 7) is 7.32. The molecule has 1 aliphatic rings. The normalized spacial score (nSPS) is 19.3. The molecule has 128 valence electrons. The van der Waals surface area contributed by atoms with Gasteiger partial charge >= 0.3 is 0 Å². The van der Waals surface area contributed by atoms with Crippen molar-refractivity contribution in [1.29, 1.82) is 0 Å². The molecule has 1 fully saturated rings. The predicted molar refractivity (Wildman–Crippen MR) is 92.3 cm³/mol. The van der Waals surface area contributed by atoms with Crippen LogP contribution in [0.2, 0.25) is 0 Å². The SMILES string of the molecule is Cc1ccc(CC(C)NC(=O)CN2CCS(=O)(=O)CC2)c(C)c1. The number of aryl methyl sites for hydroxylation is 2. The second-order valence-corrected chi connectivity index (χ2v) is 8.83. The lowest BCUT2D eigenvalue weighted by atomic mass is 10.00. The zero-order valence-electron chi connectivity index (χ0n) is 14.1. The second-order valence-electron chi connectivity index (χ2n) is 6.53. The molecule has 1 amide bonds. The molecule has 0 aliphatic carbocycles. The number of nitrogens with one attached hydrogen (secondary N) is 1. The fourth-order valence-electron chi connectivity index (χ4n) is 2.89. The molecule has 23 heavy (non-hydrogen) atoms. The van der Waals surface area contributed by atoms with Crippen LogP contribution in [0.25, 0.3) is 0 Å². The molecule has 5 nitrogen and oxygen atoms in total. The molecule has 0 radical (unpaired) electrons. The van der Waals surface area contributed by atoms with E-state index >= 15 is 0 Å². The van der Waals surface area contributed by atoms with E-state index in [1.807, 2.05) is 11.8 Å². The number of hydrogen-bond acceptors (Lipinski definition) is 4. The van der Waals surface area contributed by atoms with Gasteiger partial charge in [0.1, 0.15) is 0 Å². The lowest BCUT2D eigenvalue weighted by molar-refractivity contribution is -0.122. The first kappa shape index (κ1) is 17.9. The first-order chi connectivity index (χ1) is 10.7. The van der Waals surface area contributed by atoms with Crippen LogP contribution in [0.5, 0.6) is 0 Å². The minimum atomic E-state index is -2.90. The highest BCUT2D eigenvalue weighted by atomic mass is 32.2. The van der Waals surface area contributed by atoms with Crippen LogP contribution in [-0.4, -0.2) is 56.4 Å². The minimum Gasteiger partial charge on any atom is -0.352 e. The van der Waals surface area contributed by atoms with Crippen LogP contribution in [0, 0.1) is 13.8 Å². The zero-order valence-corrected chi connectivity index (χ0v) is 14.9. The fraction of sp³-hybridized carbons (Fsp3) is 0.588. The highest BCUT2D eigenvalue weighted by Crippen LogP contribution is 2.12. The van der Waals surface area contributed by atoms with Crippen LogP contribution in [0.3, 0.4) is 0 Å². The monoisotopic (exact) mass is 338 g/mol. The summed E-state index contributed by atoms with van der Waals surface area (Å²) in [5, 5.41) is 3.01. The number of sulfone groups is 1. The maximum atomic E-state index is 12.1. The third-order valence-electron chi connectivity index (χ3n) is 4.24. The summed E-state index contributed by atoms with van der Waals surface area (Å²) in [5.41, 5.74) is 3.72. The van der Waals surface area contributed by atoms with Crippen molar-refractivity contribution >= 4 is 15.7 Å². The molecule has 6 heteroatoms. The minimum absolute atomic E-state index is 0.0402. The molecule has 1 atom stereocenters. The van der Waals surface area contributed by atoms with Gasteiger partial charge in [-0.2, -0.15) is 0 Å². The predicted octanol–water partition coefficient (Wildman–Crippen LogP) is 1.08. The van der Waals surface area contributed by atoms with Crippen LogP contribution in [0.1, 0.15) is 23.6 Å². The van der Waals surface area contributed by atoms with Crippen LogP contribution < -0.4 is 5.32 Å². The van der Waals surface area contributed by atoms with E-state index in [2.05, 4.69) is 37.4 Å². The van der Waals surface area contributed by atoms with E-state index in [0.717, 1.165) is 6.42 Å². The Morgan fingerprint density at radius 1 is 1.26 bits per heavy atom. The Bertz CT molecular complexity index is 656. The van der Waals surface area contributed by atoms with Crippen molar-refractivity contribution in [2.75, 3.05) is 31.1 Å². The Balaban J connectivity index is 1.81. The third kappa shape index (κ3) is 5.62. The van der Waals surface area contributed by atoms with Crippen molar-refractivity contribution in [2.24, 2.45) is 0 Å². The number of benzene rings is 1. The van der Waals surface area contributed by atoms with Crippen molar-refractivity contribution < 1.29 is 13.2 Å². The summed E-state index contributed by atoms with van der Waals surface area (Å²) in [4.78, 5) is 14.0. The summed E-state index contributed by atoms with van der Waals surface area (Å²) in [6, 6.07) is 6.41. The topological polar surface area (TPSA) is 66.5 Å². The first-order valence-corrected chi connectivity index (χ1v) is 9.85. The van der Waals surface area contributed by atoms with Crippen LogP contribution in [-0.2, 0) is 21.1 Å². The Morgan fingerprint density at radius 2 is 1.91 bits per heavy atom. The number of hydrogen-bond donors (Lipinski definition) is 1. The van der Waals surface area contributed by atoms with Gasteiger partial charge in [-0.05, 0) is 38.3 Å². The standard InChI is InChI=1S/C17H26N2O3S/c1-13-4-5-16(14(2)10-13)11-15(3)18-17(20)12-19-6-8-23(21,22)9-7-19/h4-5,10,15H,6-9,11-12H2,1-3H3,(H,18,20). The zero-order chi connectivity index (χ0) is 17.0. The average molecular weight is 338 g/mol. The molecule has 1 heterocycles. The maximum Gasteiger partial charge on any atom is 0.234 e. The lowest BCUT2D eigenvalue weighted by Gasteiger charge is -2.26. The van der Waals surface area contributed by atoms with Crippen LogP contribution >= 0.6 is 0 Å². The van der Waals surface area contributed by atoms with E-state index in [-0.39, 0.29) is 30.0 Å². The highest BCUT2D eigenvalue weighted by Gasteiger charge is 2.23. The van der Waals surface area contributed by atoms with Gasteiger partial charge in [0, 0.05) is 19.1 Å². The molecule has 1 N–H and O–H groups in total. The number of carbonyl (C=O) groups excluding carboxylic acids is 1. The van der Waals surface area contributed by atoms with Gasteiger partial charge in [-0.25, -0.2) is 8.42 Å². The molecule has 1 aromatic carbocycles. The molecular weight excluding hydrogens is 312 g/mol. The van der Waals surface area contributed by atoms with Crippen molar-refractivity contribution in [1.82, 2.24) is 10.2 Å². The number of rotatable bonds is 5. The molecule has 1 aliphatic heterocycles. The van der Waals surface area contributed by atoms with E-state index in [1.54, 1.807) is 0 Å². The number of amides is 1. The third-order valence-corrected chi connectivity index (χ3v) is 5.85. The second kappa shape index (κ2) is 7.45. The summed E-state index contributed by atoms with van der Waals surface area (Å²) >= 11 is 0. The van der Waals surface area contributed by atoms with Gasteiger partial charge in [-0.1, -0.05) is 23.8 Å². The van der Waals surface area contributed by atoms with E-state index in [1.165, 1.54) is 16.7 Å². The Morgan fingerprint density at radius 3 is 2.52 bits per heavy atom. The van der Waals surface area contributed by atoms with Crippen molar-refractivity contribution in [3.05, 3.63) is 34.9 Å². The molecular formula is C17H26N2O3S. The Hall–Kier alpha value is -1.40. The van der Waals surface area contributed by atoms with Gasteiger partial charge in [0.25, 0.3) is 0 Å². The summed E-state index contributed by atoms with van der Waals surface area (Å²) in [7, 11) is -2.90. The average Bonchev–Trinajstić information content (AvgIpc) is 2.44. The van der Waals surface area contributed by atoms with Gasteiger partial charge in [0.2, 0.25) is 5.91 Å². The van der Waals surface area contributed by atoms with E-state index in [0.29, 0.717) is 13.1 Å². The van der Waals surface area contributed by atoms with Gasteiger partial charge < -0.3 is 5.32 Å². The summed E-state index contributed by atoms with van der Waals surface area (Å²) in [5.74, 6) is 0.262. The first-order valence-electron chi connectivity index (χ1n) is 8.03.